The monoisotopic (exact) mass is 317 g/mol. The number of hydrogen-bond acceptors (Lipinski definition) is 5. The fourth-order valence-corrected chi connectivity index (χ4v) is 2.69. The Balaban J connectivity index is 2.05. The summed E-state index contributed by atoms with van der Waals surface area (Å²) < 4.78 is 10.5. The van der Waals surface area contributed by atoms with Crippen LogP contribution in [0.15, 0.2) is 42.2 Å². The van der Waals surface area contributed by atoms with Gasteiger partial charge in [-0.3, -0.25) is 15.0 Å². The first-order chi connectivity index (χ1) is 11.0. The number of nitrogens with one attached hydrogen (secondary N) is 1. The maximum atomic E-state index is 12.2. The van der Waals surface area contributed by atoms with Crippen molar-refractivity contribution in [2.75, 3.05) is 13.3 Å². The van der Waals surface area contributed by atoms with Crippen molar-refractivity contribution in [2.45, 2.75) is 13.0 Å². The molecule has 1 unspecified atom stereocenters. The van der Waals surface area contributed by atoms with Gasteiger partial charge in [-0.2, -0.15) is 0 Å². The molecule has 1 aromatic rings. The third-order valence-corrected chi connectivity index (χ3v) is 3.80. The standard InChI is InChI=1S/C15H15N3O5/c1-3-6-17-9(2)14(18(20)21)13(16-15(17)19)10-4-5-11-12(7-10)23-8-22-11/h3-5,7,13H,1,6,8H2,2H3,(H,16,19). The van der Waals surface area contributed by atoms with Gasteiger partial charge in [0.25, 0.3) is 5.70 Å². The molecule has 0 aliphatic carbocycles. The minimum atomic E-state index is -0.854. The number of benzene rings is 1. The Morgan fingerprint density at radius 1 is 1.48 bits per heavy atom. The molecule has 0 saturated heterocycles. The molecule has 2 aliphatic rings. The Labute approximate surface area is 132 Å². The van der Waals surface area contributed by atoms with Gasteiger partial charge in [-0.1, -0.05) is 12.1 Å². The molecule has 3 rings (SSSR count). The average Bonchev–Trinajstić information content (AvgIpc) is 2.97. The summed E-state index contributed by atoms with van der Waals surface area (Å²) in [5.74, 6) is 1.08. The van der Waals surface area contributed by atoms with Gasteiger partial charge in [0.15, 0.2) is 11.5 Å². The molecule has 120 valence electrons. The third kappa shape index (κ3) is 2.48. The number of allylic oxidation sites excluding steroid dienone is 1. The maximum Gasteiger partial charge on any atom is 0.323 e. The SMILES string of the molecule is C=CCN1C(=O)NC(c2ccc3c(c2)OCO3)C([N+](=O)[O-])=C1C. The lowest BCUT2D eigenvalue weighted by Gasteiger charge is -2.31. The number of nitrogens with zero attached hydrogens (tertiary/aromatic N) is 2. The highest BCUT2D eigenvalue weighted by molar-refractivity contribution is 5.79. The number of nitro groups is 1. The van der Waals surface area contributed by atoms with Gasteiger partial charge in [0.1, 0.15) is 6.04 Å². The van der Waals surface area contributed by atoms with E-state index in [0.29, 0.717) is 22.8 Å². The minimum Gasteiger partial charge on any atom is -0.454 e. The quantitative estimate of drug-likeness (QED) is 0.522. The third-order valence-electron chi connectivity index (χ3n) is 3.80. The molecule has 1 aromatic carbocycles. The molecular formula is C15H15N3O5. The summed E-state index contributed by atoms with van der Waals surface area (Å²) in [4.78, 5) is 24.6. The van der Waals surface area contributed by atoms with Gasteiger partial charge < -0.3 is 14.8 Å². The summed E-state index contributed by atoms with van der Waals surface area (Å²) in [6, 6.07) is 3.74. The van der Waals surface area contributed by atoms with Gasteiger partial charge in [0.2, 0.25) is 6.79 Å². The predicted molar refractivity (Wildman–Crippen MR) is 80.4 cm³/mol. The molecule has 23 heavy (non-hydrogen) atoms. The van der Waals surface area contributed by atoms with Gasteiger partial charge in [0.05, 0.1) is 10.6 Å². The topological polar surface area (TPSA) is 93.9 Å². The summed E-state index contributed by atoms with van der Waals surface area (Å²) in [5.41, 5.74) is 0.776. The van der Waals surface area contributed by atoms with Gasteiger partial charge in [-0.05, 0) is 24.6 Å². The Hall–Kier alpha value is -3.03. The van der Waals surface area contributed by atoms with Crippen LogP contribution in [-0.2, 0) is 0 Å². The number of amides is 2. The fraction of sp³-hybridized carbons (Fsp3) is 0.267. The number of ether oxygens (including phenoxy) is 2. The van der Waals surface area contributed by atoms with Crippen LogP contribution in [0, 0.1) is 10.1 Å². The molecule has 2 aliphatic heterocycles. The van der Waals surface area contributed by atoms with Crippen LogP contribution in [-0.4, -0.2) is 29.2 Å². The first kappa shape index (κ1) is 14.9. The first-order valence-corrected chi connectivity index (χ1v) is 6.96. The van der Waals surface area contributed by atoms with Crippen molar-refractivity contribution in [3.63, 3.8) is 0 Å². The predicted octanol–water partition coefficient (Wildman–Crippen LogP) is 2.18. The second-order valence-corrected chi connectivity index (χ2v) is 5.12. The number of hydrogen-bond donors (Lipinski definition) is 1. The molecule has 1 N–H and O–H groups in total. The van der Waals surface area contributed by atoms with E-state index < -0.39 is 17.0 Å². The van der Waals surface area contributed by atoms with Crippen molar-refractivity contribution in [1.29, 1.82) is 0 Å². The summed E-state index contributed by atoms with van der Waals surface area (Å²) in [6.45, 7) is 5.43. The molecule has 0 aromatic heterocycles. The Bertz CT molecular complexity index is 728. The van der Waals surface area contributed by atoms with Crippen LogP contribution in [0.4, 0.5) is 4.79 Å². The van der Waals surface area contributed by atoms with Crippen molar-refractivity contribution in [3.8, 4) is 11.5 Å². The van der Waals surface area contributed by atoms with Crippen LogP contribution in [0.2, 0.25) is 0 Å². The molecule has 0 spiro atoms. The van der Waals surface area contributed by atoms with E-state index in [1.54, 1.807) is 25.1 Å². The maximum absolute atomic E-state index is 12.2. The highest BCUT2D eigenvalue weighted by Gasteiger charge is 2.39. The molecular weight excluding hydrogens is 302 g/mol. The number of carbonyl (C=O) groups excluding carboxylic acids is 1. The molecule has 8 heteroatoms. The number of urea groups is 1. The van der Waals surface area contributed by atoms with E-state index in [0.717, 1.165) is 0 Å². The zero-order chi connectivity index (χ0) is 16.6. The normalized spacial score (nSPS) is 19.6. The Morgan fingerprint density at radius 3 is 2.91 bits per heavy atom. The smallest absolute Gasteiger partial charge is 0.323 e. The van der Waals surface area contributed by atoms with Crippen LogP contribution in [0.25, 0.3) is 0 Å². The lowest BCUT2D eigenvalue weighted by atomic mass is 10.00. The van der Waals surface area contributed by atoms with Crippen molar-refractivity contribution in [1.82, 2.24) is 10.2 Å². The van der Waals surface area contributed by atoms with Crippen LogP contribution < -0.4 is 14.8 Å². The molecule has 0 radical (unpaired) electrons. The number of carbonyl (C=O) groups is 1. The minimum absolute atomic E-state index is 0.0784. The molecule has 2 amide bonds. The Morgan fingerprint density at radius 2 is 2.22 bits per heavy atom. The number of rotatable bonds is 4. The lowest BCUT2D eigenvalue weighted by molar-refractivity contribution is -0.433. The van der Waals surface area contributed by atoms with Crippen molar-refractivity contribution in [2.24, 2.45) is 0 Å². The van der Waals surface area contributed by atoms with Gasteiger partial charge in [-0.25, -0.2) is 4.79 Å². The summed E-state index contributed by atoms with van der Waals surface area (Å²) in [6.07, 6.45) is 1.52. The first-order valence-electron chi connectivity index (χ1n) is 6.96. The van der Waals surface area contributed by atoms with E-state index >= 15 is 0 Å². The van der Waals surface area contributed by atoms with Crippen molar-refractivity contribution in [3.05, 3.63) is 57.9 Å². The highest BCUT2D eigenvalue weighted by atomic mass is 16.7. The molecule has 1 atom stereocenters. The zero-order valence-corrected chi connectivity index (χ0v) is 12.4. The Kier molecular flexibility index (Phi) is 3.65. The molecule has 0 saturated carbocycles. The average molecular weight is 317 g/mol. The second-order valence-electron chi connectivity index (χ2n) is 5.12. The summed E-state index contributed by atoms with van der Waals surface area (Å²) in [7, 11) is 0. The molecule has 8 nitrogen and oxygen atoms in total. The van der Waals surface area contributed by atoms with E-state index in [1.165, 1.54) is 11.0 Å². The van der Waals surface area contributed by atoms with Crippen LogP contribution in [0.1, 0.15) is 18.5 Å². The highest BCUT2D eigenvalue weighted by Crippen LogP contribution is 2.37. The molecule has 0 fully saturated rings. The number of fused-ring (bicyclic) bond motifs is 1. The van der Waals surface area contributed by atoms with E-state index in [9.17, 15) is 14.9 Å². The van der Waals surface area contributed by atoms with Crippen LogP contribution in [0.3, 0.4) is 0 Å². The molecule has 2 heterocycles. The zero-order valence-electron chi connectivity index (χ0n) is 12.4. The van der Waals surface area contributed by atoms with Gasteiger partial charge in [-0.15, -0.1) is 6.58 Å². The van der Waals surface area contributed by atoms with Crippen molar-refractivity contribution < 1.29 is 19.2 Å². The van der Waals surface area contributed by atoms with Gasteiger partial charge in [0, 0.05) is 6.54 Å². The van der Waals surface area contributed by atoms with Gasteiger partial charge >= 0.3 is 6.03 Å². The van der Waals surface area contributed by atoms with E-state index in [2.05, 4.69) is 11.9 Å². The lowest BCUT2D eigenvalue weighted by Crippen LogP contribution is -2.47. The van der Waals surface area contributed by atoms with E-state index in [-0.39, 0.29) is 19.0 Å². The fourth-order valence-electron chi connectivity index (χ4n) is 2.69. The van der Waals surface area contributed by atoms with Crippen molar-refractivity contribution >= 4 is 6.03 Å². The summed E-state index contributed by atoms with van der Waals surface area (Å²) in [5, 5.41) is 14.2. The van der Waals surface area contributed by atoms with E-state index in [1.807, 2.05) is 0 Å². The summed E-state index contributed by atoms with van der Waals surface area (Å²) >= 11 is 0. The second kappa shape index (κ2) is 5.64. The molecule has 0 bridgehead atoms. The van der Waals surface area contributed by atoms with Crippen LogP contribution in [0.5, 0.6) is 11.5 Å². The van der Waals surface area contributed by atoms with E-state index in [4.69, 9.17) is 9.47 Å². The largest absolute Gasteiger partial charge is 0.454 e. The van der Waals surface area contributed by atoms with Crippen LogP contribution >= 0.6 is 0 Å².